The Morgan fingerprint density at radius 3 is 2.95 bits per heavy atom. The molecule has 1 fully saturated rings. The molecule has 0 aliphatic carbocycles. The lowest BCUT2D eigenvalue weighted by Gasteiger charge is -2.22. The fourth-order valence-electron chi connectivity index (χ4n) is 2.67. The van der Waals surface area contributed by atoms with E-state index in [-0.39, 0.29) is 0 Å². The smallest absolute Gasteiger partial charge is 0.241 e. The molecule has 1 saturated heterocycles. The van der Waals surface area contributed by atoms with Gasteiger partial charge in [0.15, 0.2) is 0 Å². The summed E-state index contributed by atoms with van der Waals surface area (Å²) in [5.41, 5.74) is 0. The van der Waals surface area contributed by atoms with Gasteiger partial charge in [-0.05, 0) is 38.5 Å². The lowest BCUT2D eigenvalue weighted by Crippen LogP contribution is -2.39. The summed E-state index contributed by atoms with van der Waals surface area (Å²) in [6, 6.07) is 2.10. The zero-order chi connectivity index (χ0) is 15.3. The minimum Gasteiger partial charge on any atom is -0.312 e. The highest BCUT2D eigenvalue weighted by atomic mass is 32.2. The summed E-state index contributed by atoms with van der Waals surface area (Å²) >= 11 is 1.49. The molecule has 1 aromatic rings. The molecular formula is C14H25N3O2S2. The maximum atomic E-state index is 12.3. The van der Waals surface area contributed by atoms with Crippen LogP contribution in [0, 0.1) is 0 Å². The van der Waals surface area contributed by atoms with Gasteiger partial charge in [0.2, 0.25) is 10.0 Å². The van der Waals surface area contributed by atoms with Crippen molar-refractivity contribution >= 4 is 21.4 Å². The monoisotopic (exact) mass is 331 g/mol. The molecule has 1 atom stereocenters. The van der Waals surface area contributed by atoms with Crippen LogP contribution >= 0.6 is 11.3 Å². The van der Waals surface area contributed by atoms with Gasteiger partial charge in [-0.15, -0.1) is 11.3 Å². The van der Waals surface area contributed by atoms with Gasteiger partial charge >= 0.3 is 0 Å². The van der Waals surface area contributed by atoms with Crippen molar-refractivity contribution in [1.29, 1.82) is 0 Å². The van der Waals surface area contributed by atoms with E-state index in [0.717, 1.165) is 43.9 Å². The molecule has 1 aliphatic heterocycles. The van der Waals surface area contributed by atoms with Crippen LogP contribution in [-0.2, 0) is 16.6 Å². The first-order valence-electron chi connectivity index (χ1n) is 7.58. The van der Waals surface area contributed by atoms with Crippen LogP contribution in [0.4, 0.5) is 0 Å². The Bertz CT molecular complexity index is 542. The van der Waals surface area contributed by atoms with E-state index in [4.69, 9.17) is 0 Å². The van der Waals surface area contributed by atoms with Gasteiger partial charge in [-0.25, -0.2) is 13.1 Å². The second-order valence-corrected chi connectivity index (χ2v) is 8.07. The van der Waals surface area contributed by atoms with Crippen molar-refractivity contribution in [3.8, 4) is 0 Å². The first-order chi connectivity index (χ1) is 10.1. The van der Waals surface area contributed by atoms with Crippen LogP contribution in [-0.4, -0.2) is 45.5 Å². The minimum atomic E-state index is -3.38. The molecular weight excluding hydrogens is 306 g/mol. The quantitative estimate of drug-likeness (QED) is 0.760. The molecule has 0 bridgehead atoms. The van der Waals surface area contributed by atoms with Crippen molar-refractivity contribution in [3.05, 3.63) is 16.3 Å². The van der Waals surface area contributed by atoms with Gasteiger partial charge in [-0.2, -0.15) is 0 Å². The van der Waals surface area contributed by atoms with Crippen molar-refractivity contribution in [2.75, 3.05) is 26.2 Å². The van der Waals surface area contributed by atoms with Crippen molar-refractivity contribution < 1.29 is 8.42 Å². The van der Waals surface area contributed by atoms with Crippen LogP contribution in [0.3, 0.4) is 0 Å². The number of thiophene rings is 1. The van der Waals surface area contributed by atoms with Crippen LogP contribution in [0.2, 0.25) is 0 Å². The fourth-order valence-corrected chi connectivity index (χ4v) is 4.99. The van der Waals surface area contributed by atoms with Crippen LogP contribution in [0.5, 0.6) is 0 Å². The number of nitrogens with one attached hydrogen (secondary N) is 2. The molecule has 2 heterocycles. The molecule has 1 aromatic heterocycles. The number of nitrogens with zero attached hydrogens (tertiary/aromatic N) is 1. The summed E-state index contributed by atoms with van der Waals surface area (Å²) in [7, 11) is -3.38. The molecule has 0 radical (unpaired) electrons. The summed E-state index contributed by atoms with van der Waals surface area (Å²) in [6.45, 7) is 8.34. The number of sulfonamides is 1. The largest absolute Gasteiger partial charge is 0.312 e. The molecule has 0 aromatic carbocycles. The van der Waals surface area contributed by atoms with E-state index < -0.39 is 10.0 Å². The van der Waals surface area contributed by atoms with Gasteiger partial charge in [0.1, 0.15) is 0 Å². The number of hydrogen-bond acceptors (Lipinski definition) is 5. The Labute approximate surface area is 131 Å². The molecule has 120 valence electrons. The molecule has 1 aliphatic rings. The normalized spacial score (nSPS) is 20.2. The van der Waals surface area contributed by atoms with Gasteiger partial charge in [-0.1, -0.05) is 13.8 Å². The molecule has 5 nitrogen and oxygen atoms in total. The van der Waals surface area contributed by atoms with E-state index in [1.165, 1.54) is 11.3 Å². The molecule has 2 N–H and O–H groups in total. The van der Waals surface area contributed by atoms with Crippen LogP contribution in [0.25, 0.3) is 0 Å². The summed E-state index contributed by atoms with van der Waals surface area (Å²) in [5, 5.41) is 4.93. The number of rotatable bonds is 8. The van der Waals surface area contributed by atoms with Gasteiger partial charge in [0.25, 0.3) is 0 Å². The van der Waals surface area contributed by atoms with E-state index in [0.29, 0.717) is 17.5 Å². The third-order valence-corrected chi connectivity index (χ3v) is 6.39. The van der Waals surface area contributed by atoms with Gasteiger partial charge in [-0.3, -0.25) is 4.90 Å². The predicted molar refractivity (Wildman–Crippen MR) is 87.2 cm³/mol. The standard InChI is InChI=1S/C14H25N3O2S2/c1-3-15-10-13-8-14(11-20-13)21(18,19)16-9-12-6-5-7-17(12)4-2/h8,11-12,15-16H,3-7,9-10H2,1-2H3. The Hall–Kier alpha value is -0.470. The van der Waals surface area contributed by atoms with Crippen LogP contribution in [0.1, 0.15) is 31.6 Å². The van der Waals surface area contributed by atoms with Gasteiger partial charge in [0, 0.05) is 29.4 Å². The first-order valence-corrected chi connectivity index (χ1v) is 9.95. The summed E-state index contributed by atoms with van der Waals surface area (Å²) in [4.78, 5) is 3.78. The number of hydrogen-bond donors (Lipinski definition) is 2. The highest BCUT2D eigenvalue weighted by Gasteiger charge is 2.25. The lowest BCUT2D eigenvalue weighted by atomic mass is 10.2. The third-order valence-electron chi connectivity index (χ3n) is 3.90. The third kappa shape index (κ3) is 4.50. The zero-order valence-corrected chi connectivity index (χ0v) is 14.4. The lowest BCUT2D eigenvalue weighted by molar-refractivity contribution is 0.268. The fraction of sp³-hybridized carbons (Fsp3) is 0.714. The number of likely N-dealkylation sites (N-methyl/N-ethyl adjacent to an activating group) is 1. The molecule has 0 spiro atoms. The molecule has 21 heavy (non-hydrogen) atoms. The van der Waals surface area contributed by atoms with Crippen molar-refractivity contribution in [2.45, 2.75) is 44.2 Å². The minimum absolute atomic E-state index is 0.338. The molecule has 1 unspecified atom stereocenters. The first kappa shape index (κ1) is 16.9. The van der Waals surface area contributed by atoms with Crippen molar-refractivity contribution in [1.82, 2.24) is 14.9 Å². The molecule has 2 rings (SSSR count). The highest BCUT2D eigenvalue weighted by Crippen LogP contribution is 2.20. The second kappa shape index (κ2) is 7.69. The summed E-state index contributed by atoms with van der Waals surface area (Å²) < 4.78 is 27.4. The van der Waals surface area contributed by atoms with Crippen molar-refractivity contribution in [2.24, 2.45) is 0 Å². The Balaban J connectivity index is 1.93. The maximum Gasteiger partial charge on any atom is 0.241 e. The van der Waals surface area contributed by atoms with Gasteiger partial charge in [0.05, 0.1) is 4.90 Å². The van der Waals surface area contributed by atoms with Crippen LogP contribution in [0.15, 0.2) is 16.3 Å². The average molecular weight is 332 g/mol. The average Bonchev–Trinajstić information content (AvgIpc) is 3.12. The molecule has 0 amide bonds. The summed E-state index contributed by atoms with van der Waals surface area (Å²) in [5.74, 6) is 0. The second-order valence-electron chi connectivity index (χ2n) is 5.31. The van der Waals surface area contributed by atoms with E-state index in [2.05, 4.69) is 21.9 Å². The SMILES string of the molecule is CCNCc1cc(S(=O)(=O)NCC2CCCN2CC)cs1. The number of likely N-dealkylation sites (tertiary alicyclic amines) is 1. The van der Waals surface area contributed by atoms with E-state index in [9.17, 15) is 8.42 Å². The van der Waals surface area contributed by atoms with Crippen LogP contribution < -0.4 is 10.0 Å². The van der Waals surface area contributed by atoms with E-state index in [1.807, 2.05) is 6.92 Å². The highest BCUT2D eigenvalue weighted by molar-refractivity contribution is 7.89. The Morgan fingerprint density at radius 2 is 2.24 bits per heavy atom. The zero-order valence-electron chi connectivity index (χ0n) is 12.8. The van der Waals surface area contributed by atoms with E-state index >= 15 is 0 Å². The topological polar surface area (TPSA) is 61.4 Å². The van der Waals surface area contributed by atoms with Gasteiger partial charge < -0.3 is 5.32 Å². The Kier molecular flexibility index (Phi) is 6.19. The van der Waals surface area contributed by atoms with Crippen molar-refractivity contribution in [3.63, 3.8) is 0 Å². The summed E-state index contributed by atoms with van der Waals surface area (Å²) in [6.07, 6.45) is 2.23. The molecule has 0 saturated carbocycles. The Morgan fingerprint density at radius 1 is 1.43 bits per heavy atom. The predicted octanol–water partition coefficient (Wildman–Crippen LogP) is 1.62. The molecule has 7 heteroatoms. The maximum absolute atomic E-state index is 12.3. The van der Waals surface area contributed by atoms with E-state index in [1.54, 1.807) is 11.4 Å².